The summed E-state index contributed by atoms with van der Waals surface area (Å²) in [6, 6.07) is 0. The van der Waals surface area contributed by atoms with Gasteiger partial charge in [0.25, 0.3) is 0 Å². The SMILES string of the molecule is CC(=O)CCCCCCN(CCCCN)CC(O)CCCCC(C)=O. The Balaban J connectivity index is 3.97. The number of hydrogen-bond acceptors (Lipinski definition) is 5. The highest BCUT2D eigenvalue weighted by atomic mass is 16.3. The zero-order valence-corrected chi connectivity index (χ0v) is 16.5. The normalized spacial score (nSPS) is 12.5. The zero-order valence-electron chi connectivity index (χ0n) is 16.5. The Bertz CT molecular complexity index is 348. The number of ketones is 2. The van der Waals surface area contributed by atoms with E-state index in [1.54, 1.807) is 13.8 Å². The predicted molar refractivity (Wildman–Crippen MR) is 104 cm³/mol. The molecule has 0 saturated carbocycles. The highest BCUT2D eigenvalue weighted by molar-refractivity contribution is 5.75. The Morgan fingerprint density at radius 2 is 1.36 bits per heavy atom. The highest BCUT2D eigenvalue weighted by Crippen LogP contribution is 2.09. The minimum Gasteiger partial charge on any atom is -0.392 e. The summed E-state index contributed by atoms with van der Waals surface area (Å²) in [6.45, 7) is 6.66. The van der Waals surface area contributed by atoms with Crippen LogP contribution in [0.25, 0.3) is 0 Å². The Labute approximate surface area is 154 Å². The number of unbranched alkanes of at least 4 members (excludes halogenated alkanes) is 5. The molecule has 3 N–H and O–H groups in total. The molecule has 5 nitrogen and oxygen atoms in total. The number of carbonyl (C=O) groups is 2. The van der Waals surface area contributed by atoms with Gasteiger partial charge in [0.1, 0.15) is 11.6 Å². The number of aliphatic hydroxyl groups is 1. The van der Waals surface area contributed by atoms with Crippen LogP contribution in [0.3, 0.4) is 0 Å². The van der Waals surface area contributed by atoms with Gasteiger partial charge in [-0.2, -0.15) is 0 Å². The van der Waals surface area contributed by atoms with Gasteiger partial charge >= 0.3 is 0 Å². The van der Waals surface area contributed by atoms with E-state index in [2.05, 4.69) is 4.90 Å². The highest BCUT2D eigenvalue weighted by Gasteiger charge is 2.11. The van der Waals surface area contributed by atoms with Crippen molar-refractivity contribution in [3.8, 4) is 0 Å². The average Bonchev–Trinajstić information content (AvgIpc) is 2.54. The molecule has 148 valence electrons. The maximum Gasteiger partial charge on any atom is 0.129 e. The van der Waals surface area contributed by atoms with Crippen molar-refractivity contribution in [1.82, 2.24) is 4.90 Å². The lowest BCUT2D eigenvalue weighted by Crippen LogP contribution is -2.34. The fourth-order valence-electron chi connectivity index (χ4n) is 2.98. The van der Waals surface area contributed by atoms with E-state index in [0.29, 0.717) is 25.9 Å². The molecule has 0 aliphatic carbocycles. The van der Waals surface area contributed by atoms with Gasteiger partial charge in [-0.05, 0) is 72.0 Å². The molecule has 25 heavy (non-hydrogen) atoms. The summed E-state index contributed by atoms with van der Waals surface area (Å²) in [5.41, 5.74) is 5.58. The number of hydrogen-bond donors (Lipinski definition) is 2. The molecule has 1 atom stereocenters. The predicted octanol–water partition coefficient (Wildman–Crippen LogP) is 3.08. The lowest BCUT2D eigenvalue weighted by molar-refractivity contribution is -0.118. The van der Waals surface area contributed by atoms with Crippen LogP contribution in [0.1, 0.15) is 84.5 Å². The molecule has 0 aromatic heterocycles. The first kappa shape index (κ1) is 24.2. The van der Waals surface area contributed by atoms with Crippen molar-refractivity contribution in [3.63, 3.8) is 0 Å². The third kappa shape index (κ3) is 17.8. The molecule has 0 rings (SSSR count). The Morgan fingerprint density at radius 1 is 0.840 bits per heavy atom. The van der Waals surface area contributed by atoms with Crippen molar-refractivity contribution in [1.29, 1.82) is 0 Å². The maximum absolute atomic E-state index is 10.9. The second-order valence-corrected chi connectivity index (χ2v) is 7.26. The largest absolute Gasteiger partial charge is 0.392 e. The van der Waals surface area contributed by atoms with Crippen LogP contribution in [0.15, 0.2) is 0 Å². The van der Waals surface area contributed by atoms with E-state index in [4.69, 9.17) is 5.73 Å². The molecule has 0 spiro atoms. The van der Waals surface area contributed by atoms with Crippen LogP contribution in [-0.2, 0) is 9.59 Å². The first-order chi connectivity index (χ1) is 12.0. The summed E-state index contributed by atoms with van der Waals surface area (Å²) < 4.78 is 0. The monoisotopic (exact) mass is 356 g/mol. The molecule has 0 aromatic carbocycles. The third-order valence-electron chi connectivity index (χ3n) is 4.47. The molecule has 0 heterocycles. The molecule has 0 bridgehead atoms. The fraction of sp³-hybridized carbons (Fsp3) is 0.900. The van der Waals surface area contributed by atoms with E-state index < -0.39 is 0 Å². The van der Waals surface area contributed by atoms with E-state index in [9.17, 15) is 14.7 Å². The minimum absolute atomic E-state index is 0.225. The molecular weight excluding hydrogens is 316 g/mol. The van der Waals surface area contributed by atoms with Crippen molar-refractivity contribution in [2.24, 2.45) is 5.73 Å². The van der Waals surface area contributed by atoms with Crippen LogP contribution in [0, 0.1) is 0 Å². The third-order valence-corrected chi connectivity index (χ3v) is 4.47. The molecule has 0 aliphatic rings. The van der Waals surface area contributed by atoms with Crippen LogP contribution in [0.4, 0.5) is 0 Å². The molecule has 0 aliphatic heterocycles. The van der Waals surface area contributed by atoms with Crippen LogP contribution < -0.4 is 5.73 Å². The van der Waals surface area contributed by atoms with Crippen LogP contribution in [0.2, 0.25) is 0 Å². The summed E-state index contributed by atoms with van der Waals surface area (Å²) in [4.78, 5) is 24.2. The van der Waals surface area contributed by atoms with Gasteiger partial charge in [0.2, 0.25) is 0 Å². The second-order valence-electron chi connectivity index (χ2n) is 7.26. The van der Waals surface area contributed by atoms with E-state index >= 15 is 0 Å². The van der Waals surface area contributed by atoms with Gasteiger partial charge in [-0.25, -0.2) is 0 Å². The van der Waals surface area contributed by atoms with Crippen molar-refractivity contribution in [2.75, 3.05) is 26.2 Å². The molecule has 0 aromatic rings. The van der Waals surface area contributed by atoms with E-state index in [1.807, 2.05) is 0 Å². The van der Waals surface area contributed by atoms with E-state index in [1.165, 1.54) is 0 Å². The number of nitrogens with zero attached hydrogens (tertiary/aromatic N) is 1. The average molecular weight is 357 g/mol. The number of carbonyl (C=O) groups excluding carboxylic acids is 2. The molecule has 5 heteroatoms. The van der Waals surface area contributed by atoms with Gasteiger partial charge < -0.3 is 25.3 Å². The number of nitrogens with two attached hydrogens (primary N) is 1. The fourth-order valence-corrected chi connectivity index (χ4v) is 2.98. The molecule has 0 saturated heterocycles. The minimum atomic E-state index is -0.317. The Hall–Kier alpha value is -0.780. The first-order valence-corrected chi connectivity index (χ1v) is 10.0. The van der Waals surface area contributed by atoms with Crippen molar-refractivity contribution in [3.05, 3.63) is 0 Å². The van der Waals surface area contributed by atoms with Gasteiger partial charge in [0, 0.05) is 19.4 Å². The molecular formula is C20H40N2O3. The van der Waals surface area contributed by atoms with Crippen molar-refractivity contribution in [2.45, 2.75) is 90.6 Å². The lowest BCUT2D eigenvalue weighted by atomic mass is 10.1. The Morgan fingerprint density at radius 3 is 1.92 bits per heavy atom. The Kier molecular flexibility index (Phi) is 16.2. The number of aliphatic hydroxyl groups excluding tert-OH is 1. The number of rotatable bonds is 18. The second kappa shape index (κ2) is 16.7. The molecule has 0 radical (unpaired) electrons. The van der Waals surface area contributed by atoms with Gasteiger partial charge in [-0.3, -0.25) is 0 Å². The van der Waals surface area contributed by atoms with Gasteiger partial charge in [0.15, 0.2) is 0 Å². The van der Waals surface area contributed by atoms with Crippen molar-refractivity contribution < 1.29 is 14.7 Å². The first-order valence-electron chi connectivity index (χ1n) is 10.0. The summed E-state index contributed by atoms with van der Waals surface area (Å²) in [5.74, 6) is 0.499. The smallest absolute Gasteiger partial charge is 0.129 e. The van der Waals surface area contributed by atoms with E-state index in [-0.39, 0.29) is 17.7 Å². The maximum atomic E-state index is 10.9. The quantitative estimate of drug-likeness (QED) is 0.369. The van der Waals surface area contributed by atoms with Crippen LogP contribution in [0.5, 0.6) is 0 Å². The summed E-state index contributed by atoms with van der Waals surface area (Å²) in [7, 11) is 0. The molecule has 0 fully saturated rings. The van der Waals surface area contributed by atoms with Crippen LogP contribution >= 0.6 is 0 Å². The standard InChI is InChI=1S/C20H40N2O3/c1-18(23)11-5-3-4-9-15-22(16-10-8-14-21)17-20(25)13-7-6-12-19(2)24/h20,25H,3-17,21H2,1-2H3. The summed E-state index contributed by atoms with van der Waals surface area (Å²) >= 11 is 0. The van der Waals surface area contributed by atoms with Crippen LogP contribution in [-0.4, -0.2) is 53.9 Å². The molecule has 0 amide bonds. The van der Waals surface area contributed by atoms with Gasteiger partial charge in [-0.1, -0.05) is 19.3 Å². The van der Waals surface area contributed by atoms with Gasteiger partial charge in [0.05, 0.1) is 6.10 Å². The van der Waals surface area contributed by atoms with Crippen molar-refractivity contribution >= 4 is 11.6 Å². The zero-order chi connectivity index (χ0) is 18.9. The lowest BCUT2D eigenvalue weighted by Gasteiger charge is -2.25. The number of Topliss-reactive ketones (excluding diaryl/α,β-unsaturated/α-hetero) is 2. The summed E-state index contributed by atoms with van der Waals surface area (Å²) in [6.07, 6.45) is 9.95. The van der Waals surface area contributed by atoms with Gasteiger partial charge in [-0.15, -0.1) is 0 Å². The topological polar surface area (TPSA) is 83.6 Å². The summed E-state index contributed by atoms with van der Waals surface area (Å²) in [5, 5.41) is 10.3. The van der Waals surface area contributed by atoms with E-state index in [0.717, 1.165) is 70.9 Å². The molecule has 1 unspecified atom stereocenters.